The van der Waals surface area contributed by atoms with Gasteiger partial charge in [-0.1, -0.05) is 12.1 Å². The first-order valence-corrected chi connectivity index (χ1v) is 8.24. The van der Waals surface area contributed by atoms with Gasteiger partial charge in [-0.25, -0.2) is 0 Å². The van der Waals surface area contributed by atoms with E-state index in [0.29, 0.717) is 42.8 Å². The highest BCUT2D eigenvalue weighted by Gasteiger charge is 2.46. The van der Waals surface area contributed by atoms with E-state index < -0.39 is 5.60 Å². The van der Waals surface area contributed by atoms with Crippen molar-refractivity contribution in [3.8, 4) is 5.75 Å². The van der Waals surface area contributed by atoms with Crippen LogP contribution in [0.3, 0.4) is 0 Å². The lowest BCUT2D eigenvalue weighted by Crippen LogP contribution is -2.45. The minimum absolute atomic E-state index is 0.0213. The SMILES string of the molecule is O=C1CC2(CCN(C(=O)c3ccsc3)C2)Oc2ccccc21. The molecule has 1 amide bonds. The summed E-state index contributed by atoms with van der Waals surface area (Å²) in [6, 6.07) is 9.18. The van der Waals surface area contributed by atoms with Gasteiger partial charge in [0.15, 0.2) is 5.78 Å². The lowest BCUT2D eigenvalue weighted by atomic mass is 9.89. The topological polar surface area (TPSA) is 46.6 Å². The van der Waals surface area contributed by atoms with Crippen molar-refractivity contribution in [3.63, 3.8) is 0 Å². The summed E-state index contributed by atoms with van der Waals surface area (Å²) < 4.78 is 6.14. The van der Waals surface area contributed by atoms with Crippen LogP contribution in [0.5, 0.6) is 5.75 Å². The summed E-state index contributed by atoms with van der Waals surface area (Å²) in [4.78, 5) is 26.6. The van der Waals surface area contributed by atoms with Crippen LogP contribution >= 0.6 is 11.3 Å². The summed E-state index contributed by atoms with van der Waals surface area (Å²) in [5.41, 5.74) is 0.803. The van der Waals surface area contributed by atoms with Crippen molar-refractivity contribution in [3.05, 3.63) is 52.2 Å². The summed E-state index contributed by atoms with van der Waals surface area (Å²) in [6.07, 6.45) is 1.04. The number of carbonyl (C=O) groups excluding carboxylic acids is 2. The van der Waals surface area contributed by atoms with Gasteiger partial charge in [-0.3, -0.25) is 9.59 Å². The molecule has 1 atom stereocenters. The van der Waals surface area contributed by atoms with Crippen molar-refractivity contribution in [2.45, 2.75) is 18.4 Å². The van der Waals surface area contributed by atoms with Crippen LogP contribution in [0.15, 0.2) is 41.1 Å². The third-order valence-corrected chi connectivity index (χ3v) is 5.05. The Hall–Kier alpha value is -2.14. The molecule has 3 heterocycles. The average Bonchev–Trinajstić information content (AvgIpc) is 3.17. The number of hydrogen-bond donors (Lipinski definition) is 0. The molecule has 112 valence electrons. The molecule has 1 aromatic carbocycles. The molecule has 1 spiro atoms. The maximum absolute atomic E-state index is 12.5. The minimum atomic E-state index is -0.558. The quantitative estimate of drug-likeness (QED) is 0.813. The number of Topliss-reactive ketones (excluding diaryl/α,β-unsaturated/α-hetero) is 1. The Morgan fingerprint density at radius 2 is 2.14 bits per heavy atom. The van der Waals surface area contributed by atoms with E-state index in [9.17, 15) is 9.59 Å². The lowest BCUT2D eigenvalue weighted by molar-refractivity contribution is 0.0428. The van der Waals surface area contributed by atoms with Gasteiger partial charge in [0.2, 0.25) is 0 Å². The molecule has 1 saturated heterocycles. The third kappa shape index (κ3) is 2.13. The van der Waals surface area contributed by atoms with Crippen LogP contribution in [0.25, 0.3) is 0 Å². The molecule has 1 unspecified atom stereocenters. The third-order valence-electron chi connectivity index (χ3n) is 4.37. The normalized spacial score (nSPS) is 23.5. The Balaban J connectivity index is 1.58. The average molecular weight is 313 g/mol. The van der Waals surface area contributed by atoms with Crippen LogP contribution in [0.1, 0.15) is 33.6 Å². The predicted octanol–water partition coefficient (Wildman–Crippen LogP) is 3.00. The molecular weight excluding hydrogens is 298 g/mol. The van der Waals surface area contributed by atoms with E-state index in [-0.39, 0.29) is 11.7 Å². The summed E-state index contributed by atoms with van der Waals surface area (Å²) in [5.74, 6) is 0.767. The van der Waals surface area contributed by atoms with Crippen molar-refractivity contribution in [1.29, 1.82) is 0 Å². The number of carbonyl (C=O) groups is 2. The molecule has 2 aliphatic rings. The summed E-state index contributed by atoms with van der Waals surface area (Å²) in [6.45, 7) is 1.10. The van der Waals surface area contributed by atoms with Gasteiger partial charge in [-0.2, -0.15) is 11.3 Å². The van der Waals surface area contributed by atoms with Gasteiger partial charge in [0.1, 0.15) is 11.4 Å². The van der Waals surface area contributed by atoms with Crippen molar-refractivity contribution < 1.29 is 14.3 Å². The van der Waals surface area contributed by atoms with Gasteiger partial charge in [-0.05, 0) is 23.6 Å². The van der Waals surface area contributed by atoms with Gasteiger partial charge >= 0.3 is 0 Å². The molecule has 0 saturated carbocycles. The minimum Gasteiger partial charge on any atom is -0.484 e. The van der Waals surface area contributed by atoms with Crippen LogP contribution < -0.4 is 4.74 Å². The fraction of sp³-hybridized carbons (Fsp3) is 0.294. The molecule has 5 heteroatoms. The number of hydrogen-bond acceptors (Lipinski definition) is 4. The van der Waals surface area contributed by atoms with Crippen LogP contribution in [-0.2, 0) is 0 Å². The molecule has 22 heavy (non-hydrogen) atoms. The summed E-state index contributed by atoms with van der Waals surface area (Å²) in [7, 11) is 0. The molecule has 0 bridgehead atoms. The zero-order chi connectivity index (χ0) is 15.2. The standard InChI is InChI=1S/C17H15NO3S/c19-14-9-17(21-15-4-2-1-3-13(14)15)6-7-18(11-17)16(20)12-5-8-22-10-12/h1-5,8,10H,6-7,9,11H2. The van der Waals surface area contributed by atoms with Crippen LogP contribution in [-0.4, -0.2) is 35.3 Å². The Morgan fingerprint density at radius 1 is 1.27 bits per heavy atom. The molecule has 0 N–H and O–H groups in total. The first kappa shape index (κ1) is 13.5. The largest absolute Gasteiger partial charge is 0.484 e. The number of thiophene rings is 1. The van der Waals surface area contributed by atoms with Crippen LogP contribution in [0.2, 0.25) is 0 Å². The molecular formula is C17H15NO3S. The highest BCUT2D eigenvalue weighted by Crippen LogP contribution is 2.38. The van der Waals surface area contributed by atoms with Crippen LogP contribution in [0, 0.1) is 0 Å². The monoisotopic (exact) mass is 313 g/mol. The van der Waals surface area contributed by atoms with Crippen molar-refractivity contribution in [2.24, 2.45) is 0 Å². The second kappa shape index (κ2) is 4.95. The molecule has 1 aromatic heterocycles. The fourth-order valence-electron chi connectivity index (χ4n) is 3.26. The smallest absolute Gasteiger partial charge is 0.254 e. The lowest BCUT2D eigenvalue weighted by Gasteiger charge is -2.34. The fourth-order valence-corrected chi connectivity index (χ4v) is 3.89. The van der Waals surface area contributed by atoms with Gasteiger partial charge in [-0.15, -0.1) is 0 Å². The number of likely N-dealkylation sites (tertiary alicyclic amines) is 1. The van der Waals surface area contributed by atoms with Gasteiger partial charge in [0.25, 0.3) is 5.91 Å². The second-order valence-corrected chi connectivity index (χ2v) is 6.65. The molecule has 0 aliphatic carbocycles. The molecule has 4 nitrogen and oxygen atoms in total. The van der Waals surface area contributed by atoms with Crippen molar-refractivity contribution in [1.82, 2.24) is 4.90 Å². The highest BCUT2D eigenvalue weighted by molar-refractivity contribution is 7.08. The number of para-hydroxylation sites is 1. The van der Waals surface area contributed by atoms with Gasteiger partial charge in [0.05, 0.1) is 24.1 Å². The van der Waals surface area contributed by atoms with Crippen LogP contribution in [0.4, 0.5) is 0 Å². The van der Waals surface area contributed by atoms with E-state index >= 15 is 0 Å². The Labute approximate surface area is 132 Å². The van der Waals surface area contributed by atoms with Gasteiger partial charge in [0, 0.05) is 18.3 Å². The maximum Gasteiger partial charge on any atom is 0.254 e. The number of fused-ring (bicyclic) bond motifs is 1. The maximum atomic E-state index is 12.5. The number of amides is 1. The van der Waals surface area contributed by atoms with E-state index in [0.717, 1.165) is 0 Å². The van der Waals surface area contributed by atoms with E-state index in [1.165, 1.54) is 11.3 Å². The Bertz CT molecular complexity index is 740. The number of ether oxygens (including phenoxy) is 1. The highest BCUT2D eigenvalue weighted by atomic mass is 32.1. The molecule has 0 radical (unpaired) electrons. The molecule has 1 fully saturated rings. The molecule has 2 aromatic rings. The first-order valence-electron chi connectivity index (χ1n) is 7.30. The summed E-state index contributed by atoms with van der Waals surface area (Å²) in [5, 5.41) is 3.76. The van der Waals surface area contributed by atoms with E-state index in [2.05, 4.69) is 0 Å². The number of ketones is 1. The first-order chi connectivity index (χ1) is 10.7. The molecule has 2 aliphatic heterocycles. The number of rotatable bonds is 1. The van der Waals surface area contributed by atoms with Crippen molar-refractivity contribution >= 4 is 23.0 Å². The number of benzene rings is 1. The second-order valence-electron chi connectivity index (χ2n) is 5.87. The van der Waals surface area contributed by atoms with Crippen molar-refractivity contribution in [2.75, 3.05) is 13.1 Å². The van der Waals surface area contributed by atoms with E-state index in [1.54, 1.807) is 11.0 Å². The Morgan fingerprint density at radius 3 is 2.95 bits per heavy atom. The summed E-state index contributed by atoms with van der Waals surface area (Å²) >= 11 is 1.51. The number of nitrogens with zero attached hydrogens (tertiary/aromatic N) is 1. The molecule has 4 rings (SSSR count). The predicted molar refractivity (Wildman–Crippen MR) is 83.6 cm³/mol. The van der Waals surface area contributed by atoms with E-state index in [1.807, 2.05) is 35.0 Å². The van der Waals surface area contributed by atoms with Gasteiger partial charge < -0.3 is 9.64 Å². The zero-order valence-corrected chi connectivity index (χ0v) is 12.8. The van der Waals surface area contributed by atoms with E-state index in [4.69, 9.17) is 4.74 Å². The Kier molecular flexibility index (Phi) is 3.04. The zero-order valence-electron chi connectivity index (χ0n) is 12.0.